The smallest absolute Gasteiger partial charge is 0.306 e. The minimum Gasteiger partial charge on any atom is -0.456 e. The zero-order valence-electron chi connectivity index (χ0n) is 14.7. The van der Waals surface area contributed by atoms with Crippen LogP contribution in [-0.2, 0) is 19.1 Å². The molecule has 0 aromatic heterocycles. The molecule has 146 valence electrons. The highest BCUT2D eigenvalue weighted by molar-refractivity contribution is 6.33. The summed E-state index contributed by atoms with van der Waals surface area (Å²) in [6.45, 7) is -0.460. The van der Waals surface area contributed by atoms with Gasteiger partial charge in [0.15, 0.2) is 6.61 Å². The predicted octanol–water partition coefficient (Wildman–Crippen LogP) is 2.06. The van der Waals surface area contributed by atoms with Gasteiger partial charge in [0.2, 0.25) is 5.91 Å². The summed E-state index contributed by atoms with van der Waals surface area (Å²) in [6, 6.07) is 15.1. The molecule has 0 fully saturated rings. The highest BCUT2D eigenvalue weighted by atomic mass is 35.5. The van der Waals surface area contributed by atoms with Crippen LogP contribution >= 0.6 is 11.6 Å². The first kappa shape index (κ1) is 20.9. The number of hydrazine groups is 1. The molecule has 8 nitrogen and oxygen atoms in total. The van der Waals surface area contributed by atoms with Gasteiger partial charge in [0, 0.05) is 12.1 Å². The molecule has 0 saturated heterocycles. The van der Waals surface area contributed by atoms with E-state index in [1.54, 1.807) is 48.5 Å². The van der Waals surface area contributed by atoms with Gasteiger partial charge in [0.05, 0.1) is 17.0 Å². The van der Waals surface area contributed by atoms with Crippen LogP contribution in [0, 0.1) is 0 Å². The van der Waals surface area contributed by atoms with Crippen molar-refractivity contribution >= 4 is 41.0 Å². The van der Waals surface area contributed by atoms with Crippen LogP contribution in [0.4, 0.5) is 5.69 Å². The van der Waals surface area contributed by atoms with Gasteiger partial charge in [0.25, 0.3) is 11.8 Å². The summed E-state index contributed by atoms with van der Waals surface area (Å²) in [5.41, 5.74) is 5.16. The van der Waals surface area contributed by atoms with Gasteiger partial charge in [0.1, 0.15) is 0 Å². The Morgan fingerprint density at radius 1 is 0.821 bits per heavy atom. The average molecular weight is 404 g/mol. The van der Waals surface area contributed by atoms with E-state index in [0.717, 1.165) is 0 Å². The summed E-state index contributed by atoms with van der Waals surface area (Å²) in [4.78, 5) is 46.9. The van der Waals surface area contributed by atoms with Gasteiger partial charge < -0.3 is 10.1 Å². The lowest BCUT2D eigenvalue weighted by molar-refractivity contribution is -0.148. The maximum atomic E-state index is 11.9. The van der Waals surface area contributed by atoms with Crippen LogP contribution in [0.1, 0.15) is 23.2 Å². The number of esters is 1. The molecule has 0 saturated carbocycles. The minimum absolute atomic E-state index is 0.202. The Balaban J connectivity index is 1.64. The van der Waals surface area contributed by atoms with E-state index in [2.05, 4.69) is 16.2 Å². The maximum Gasteiger partial charge on any atom is 0.306 e. The van der Waals surface area contributed by atoms with Crippen molar-refractivity contribution in [3.05, 3.63) is 65.2 Å². The van der Waals surface area contributed by atoms with Crippen molar-refractivity contribution in [3.8, 4) is 0 Å². The number of anilines is 1. The highest BCUT2D eigenvalue weighted by Gasteiger charge is 2.13. The van der Waals surface area contributed by atoms with Crippen LogP contribution in [0.5, 0.6) is 0 Å². The Bertz CT molecular complexity index is 858. The first-order valence-corrected chi connectivity index (χ1v) is 8.67. The monoisotopic (exact) mass is 403 g/mol. The van der Waals surface area contributed by atoms with Crippen molar-refractivity contribution in [2.45, 2.75) is 12.8 Å². The Kier molecular flexibility index (Phi) is 7.98. The Labute approximate surface area is 166 Å². The Morgan fingerprint density at radius 3 is 2.21 bits per heavy atom. The summed E-state index contributed by atoms with van der Waals surface area (Å²) < 4.78 is 4.80. The molecular weight excluding hydrogens is 386 g/mol. The van der Waals surface area contributed by atoms with E-state index in [9.17, 15) is 19.2 Å². The number of para-hydroxylation sites is 1. The molecule has 2 aromatic carbocycles. The van der Waals surface area contributed by atoms with Gasteiger partial charge in [-0.25, -0.2) is 0 Å². The molecule has 28 heavy (non-hydrogen) atoms. The molecule has 0 heterocycles. The lowest BCUT2D eigenvalue weighted by Gasteiger charge is -2.09. The number of nitrogens with one attached hydrogen (secondary N) is 3. The molecule has 0 aliphatic carbocycles. The van der Waals surface area contributed by atoms with E-state index >= 15 is 0 Å². The fourth-order valence-electron chi connectivity index (χ4n) is 2.05. The molecule has 3 amide bonds. The van der Waals surface area contributed by atoms with Gasteiger partial charge in [-0.3, -0.25) is 30.0 Å². The van der Waals surface area contributed by atoms with Gasteiger partial charge in [-0.05, 0) is 24.3 Å². The number of benzene rings is 2. The summed E-state index contributed by atoms with van der Waals surface area (Å²) in [5, 5.41) is 2.80. The van der Waals surface area contributed by atoms with Crippen molar-refractivity contribution < 1.29 is 23.9 Å². The van der Waals surface area contributed by atoms with Crippen molar-refractivity contribution in [2.24, 2.45) is 0 Å². The topological polar surface area (TPSA) is 114 Å². The highest BCUT2D eigenvalue weighted by Crippen LogP contribution is 2.14. The average Bonchev–Trinajstić information content (AvgIpc) is 2.70. The van der Waals surface area contributed by atoms with Crippen LogP contribution in [0.2, 0.25) is 5.02 Å². The molecule has 0 unspecified atom stereocenters. The number of amides is 3. The summed E-state index contributed by atoms with van der Waals surface area (Å²) >= 11 is 5.88. The maximum absolute atomic E-state index is 11.9. The van der Waals surface area contributed by atoms with Crippen LogP contribution in [0.25, 0.3) is 0 Å². The molecule has 0 atom stereocenters. The number of carbonyl (C=O) groups is 4. The second kappa shape index (κ2) is 10.7. The molecule has 2 aromatic rings. The van der Waals surface area contributed by atoms with E-state index < -0.39 is 30.3 Å². The zero-order chi connectivity index (χ0) is 20.4. The van der Waals surface area contributed by atoms with Crippen molar-refractivity contribution in [1.82, 2.24) is 10.9 Å². The second-order valence-electron chi connectivity index (χ2n) is 5.56. The van der Waals surface area contributed by atoms with Crippen LogP contribution in [0.15, 0.2) is 54.6 Å². The standard InChI is InChI=1S/C19H18ClN3O5/c20-15-9-5-4-8-14(15)19(27)23-22-16(24)10-11-18(26)28-12-17(25)21-13-6-2-1-3-7-13/h1-9H,10-12H2,(H,21,25)(H,22,24)(H,23,27). The third-order valence-electron chi connectivity index (χ3n) is 3.41. The zero-order valence-corrected chi connectivity index (χ0v) is 15.5. The van der Waals surface area contributed by atoms with Crippen LogP contribution in [-0.4, -0.2) is 30.3 Å². The number of halogens is 1. The number of carbonyl (C=O) groups excluding carboxylic acids is 4. The number of hydrogen-bond acceptors (Lipinski definition) is 5. The molecule has 9 heteroatoms. The molecule has 0 radical (unpaired) electrons. The van der Waals surface area contributed by atoms with E-state index in [4.69, 9.17) is 16.3 Å². The van der Waals surface area contributed by atoms with E-state index in [1.807, 2.05) is 0 Å². The van der Waals surface area contributed by atoms with Crippen molar-refractivity contribution in [1.29, 1.82) is 0 Å². The molecule has 0 bridgehead atoms. The van der Waals surface area contributed by atoms with Crippen molar-refractivity contribution in [2.75, 3.05) is 11.9 Å². The molecule has 2 rings (SSSR count). The third-order valence-corrected chi connectivity index (χ3v) is 3.74. The first-order valence-electron chi connectivity index (χ1n) is 8.30. The molecule has 0 spiro atoms. The fraction of sp³-hybridized carbons (Fsp3) is 0.158. The Hall–Kier alpha value is -3.39. The largest absolute Gasteiger partial charge is 0.456 e. The van der Waals surface area contributed by atoms with Crippen LogP contribution in [0.3, 0.4) is 0 Å². The number of hydrogen-bond donors (Lipinski definition) is 3. The predicted molar refractivity (Wildman–Crippen MR) is 102 cm³/mol. The quantitative estimate of drug-likeness (QED) is 0.483. The normalized spacial score (nSPS) is 9.89. The summed E-state index contributed by atoms with van der Waals surface area (Å²) in [5.74, 6) is -2.38. The molecular formula is C19H18ClN3O5. The summed E-state index contributed by atoms with van der Waals surface area (Å²) in [7, 11) is 0. The Morgan fingerprint density at radius 2 is 1.50 bits per heavy atom. The lowest BCUT2D eigenvalue weighted by Crippen LogP contribution is -2.41. The van der Waals surface area contributed by atoms with Gasteiger partial charge in [-0.15, -0.1) is 0 Å². The van der Waals surface area contributed by atoms with Gasteiger partial charge in [-0.1, -0.05) is 41.9 Å². The minimum atomic E-state index is -0.712. The SMILES string of the molecule is O=C(CCC(=O)OCC(=O)Nc1ccccc1)NNC(=O)c1ccccc1Cl. The lowest BCUT2D eigenvalue weighted by atomic mass is 10.2. The second-order valence-corrected chi connectivity index (χ2v) is 5.96. The van der Waals surface area contributed by atoms with Crippen molar-refractivity contribution in [3.63, 3.8) is 0 Å². The van der Waals surface area contributed by atoms with E-state index in [0.29, 0.717) is 5.69 Å². The first-order chi connectivity index (χ1) is 13.5. The van der Waals surface area contributed by atoms with Crippen LogP contribution < -0.4 is 16.2 Å². The van der Waals surface area contributed by atoms with E-state index in [1.165, 1.54) is 6.07 Å². The third kappa shape index (κ3) is 7.08. The summed E-state index contributed by atoms with van der Waals surface area (Å²) in [6.07, 6.45) is -0.464. The van der Waals surface area contributed by atoms with Gasteiger partial charge in [-0.2, -0.15) is 0 Å². The number of rotatable bonds is 7. The molecule has 0 aliphatic heterocycles. The van der Waals surface area contributed by atoms with Gasteiger partial charge >= 0.3 is 5.97 Å². The number of ether oxygens (including phenoxy) is 1. The molecule has 0 aliphatic rings. The molecule has 3 N–H and O–H groups in total. The van der Waals surface area contributed by atoms with E-state index in [-0.39, 0.29) is 23.4 Å². The fourth-order valence-corrected chi connectivity index (χ4v) is 2.28.